The number of hydrogen-bond acceptors (Lipinski definition) is 2. The first-order chi connectivity index (χ1) is 8.13. The highest BCUT2D eigenvalue weighted by Gasteiger charge is 2.12. The van der Waals surface area contributed by atoms with Crippen molar-refractivity contribution >= 4 is 21.8 Å². The number of hydrogen-bond donors (Lipinski definition) is 1. The second-order valence-corrected chi connectivity index (χ2v) is 4.47. The number of aromatic nitrogens is 2. The molecule has 2 aromatic rings. The molecule has 1 aromatic carbocycles. The van der Waals surface area contributed by atoms with Gasteiger partial charge in [0.25, 0.3) is 5.91 Å². The Morgan fingerprint density at radius 2 is 2.12 bits per heavy atom. The maximum atomic E-state index is 11.5. The molecule has 1 amide bonds. The first-order valence-electron chi connectivity index (χ1n) is 5.17. The standard InChI is InChI=1S/C12H12BrN3O/c1-8-7-10(12(17)14-2)15-16(8)11-6-4-3-5-9(11)13/h3-7H,1-2H3,(H,14,17). The zero-order chi connectivity index (χ0) is 12.4. The number of carbonyl (C=O) groups is 1. The molecule has 0 spiro atoms. The molecule has 1 heterocycles. The van der Waals surface area contributed by atoms with Crippen molar-refractivity contribution in [3.05, 3.63) is 46.2 Å². The molecule has 0 aliphatic heterocycles. The van der Waals surface area contributed by atoms with Crippen molar-refractivity contribution in [1.82, 2.24) is 15.1 Å². The number of carbonyl (C=O) groups excluding carboxylic acids is 1. The Hall–Kier alpha value is -1.62. The molecule has 1 aromatic heterocycles. The minimum absolute atomic E-state index is 0.182. The Morgan fingerprint density at radius 3 is 2.76 bits per heavy atom. The lowest BCUT2D eigenvalue weighted by Crippen LogP contribution is -2.18. The Labute approximate surface area is 108 Å². The number of benzene rings is 1. The largest absolute Gasteiger partial charge is 0.354 e. The minimum Gasteiger partial charge on any atom is -0.354 e. The summed E-state index contributed by atoms with van der Waals surface area (Å²) in [5.74, 6) is -0.182. The van der Waals surface area contributed by atoms with E-state index in [0.29, 0.717) is 5.69 Å². The number of halogens is 1. The van der Waals surface area contributed by atoms with Gasteiger partial charge in [-0.25, -0.2) is 4.68 Å². The van der Waals surface area contributed by atoms with E-state index in [9.17, 15) is 4.79 Å². The number of nitrogens with zero attached hydrogens (tertiary/aromatic N) is 2. The van der Waals surface area contributed by atoms with Crippen LogP contribution < -0.4 is 5.32 Å². The van der Waals surface area contributed by atoms with E-state index in [1.165, 1.54) is 0 Å². The highest BCUT2D eigenvalue weighted by molar-refractivity contribution is 9.10. The first-order valence-corrected chi connectivity index (χ1v) is 5.96. The van der Waals surface area contributed by atoms with E-state index in [2.05, 4.69) is 26.3 Å². The Morgan fingerprint density at radius 1 is 1.41 bits per heavy atom. The lowest BCUT2D eigenvalue weighted by Gasteiger charge is -2.05. The second-order valence-electron chi connectivity index (χ2n) is 3.61. The Bertz CT molecular complexity index is 563. The topological polar surface area (TPSA) is 46.9 Å². The molecular formula is C12H12BrN3O. The van der Waals surface area contributed by atoms with Gasteiger partial charge in [-0.2, -0.15) is 5.10 Å². The van der Waals surface area contributed by atoms with Crippen LogP contribution in [0.4, 0.5) is 0 Å². The summed E-state index contributed by atoms with van der Waals surface area (Å²) in [6.07, 6.45) is 0. The molecule has 0 saturated heterocycles. The Balaban J connectivity index is 2.50. The second kappa shape index (κ2) is 4.71. The predicted molar refractivity (Wildman–Crippen MR) is 69.4 cm³/mol. The molecule has 0 bridgehead atoms. The summed E-state index contributed by atoms with van der Waals surface area (Å²) < 4.78 is 2.68. The van der Waals surface area contributed by atoms with E-state index in [1.54, 1.807) is 17.8 Å². The van der Waals surface area contributed by atoms with Crippen LogP contribution >= 0.6 is 15.9 Å². The van der Waals surface area contributed by atoms with E-state index >= 15 is 0 Å². The molecular weight excluding hydrogens is 282 g/mol. The molecule has 0 radical (unpaired) electrons. The average Bonchev–Trinajstić information content (AvgIpc) is 2.71. The van der Waals surface area contributed by atoms with Crippen molar-refractivity contribution in [3.8, 4) is 5.69 Å². The van der Waals surface area contributed by atoms with Gasteiger partial charge in [0, 0.05) is 17.2 Å². The molecule has 5 heteroatoms. The number of rotatable bonds is 2. The fourth-order valence-electron chi connectivity index (χ4n) is 1.58. The smallest absolute Gasteiger partial charge is 0.271 e. The van der Waals surface area contributed by atoms with E-state index in [4.69, 9.17) is 0 Å². The third-order valence-electron chi connectivity index (χ3n) is 2.43. The number of nitrogens with one attached hydrogen (secondary N) is 1. The highest BCUT2D eigenvalue weighted by atomic mass is 79.9. The van der Waals surface area contributed by atoms with Gasteiger partial charge in [0.2, 0.25) is 0 Å². The molecule has 0 unspecified atom stereocenters. The molecule has 2 rings (SSSR count). The fraction of sp³-hybridized carbons (Fsp3) is 0.167. The average molecular weight is 294 g/mol. The number of para-hydroxylation sites is 1. The summed E-state index contributed by atoms with van der Waals surface area (Å²) in [5, 5.41) is 6.85. The first kappa shape index (κ1) is 11.9. The molecule has 88 valence electrons. The van der Waals surface area contributed by atoms with Crippen LogP contribution in [-0.4, -0.2) is 22.7 Å². The van der Waals surface area contributed by atoms with Crippen LogP contribution in [0.15, 0.2) is 34.8 Å². The van der Waals surface area contributed by atoms with E-state index in [0.717, 1.165) is 15.9 Å². The van der Waals surface area contributed by atoms with Crippen molar-refractivity contribution < 1.29 is 4.79 Å². The van der Waals surface area contributed by atoms with Crippen LogP contribution in [-0.2, 0) is 0 Å². The third kappa shape index (κ3) is 2.24. The van der Waals surface area contributed by atoms with Crippen LogP contribution in [0.25, 0.3) is 5.69 Å². The lowest BCUT2D eigenvalue weighted by molar-refractivity contribution is 0.0957. The summed E-state index contributed by atoms with van der Waals surface area (Å²) in [5.41, 5.74) is 2.25. The quantitative estimate of drug-likeness (QED) is 0.924. The fourth-order valence-corrected chi connectivity index (χ4v) is 2.03. The highest BCUT2D eigenvalue weighted by Crippen LogP contribution is 2.21. The van der Waals surface area contributed by atoms with Crippen molar-refractivity contribution in [2.24, 2.45) is 0 Å². The lowest BCUT2D eigenvalue weighted by atomic mass is 10.3. The van der Waals surface area contributed by atoms with Crippen LogP contribution in [0.1, 0.15) is 16.2 Å². The van der Waals surface area contributed by atoms with Gasteiger partial charge >= 0.3 is 0 Å². The molecule has 17 heavy (non-hydrogen) atoms. The van der Waals surface area contributed by atoms with Crippen molar-refractivity contribution in [1.29, 1.82) is 0 Å². The van der Waals surface area contributed by atoms with Gasteiger partial charge in [0.05, 0.1) is 5.69 Å². The van der Waals surface area contributed by atoms with Crippen molar-refractivity contribution in [2.45, 2.75) is 6.92 Å². The zero-order valence-electron chi connectivity index (χ0n) is 9.57. The SMILES string of the molecule is CNC(=O)c1cc(C)n(-c2ccccc2Br)n1. The Kier molecular flexibility index (Phi) is 3.28. The summed E-state index contributed by atoms with van der Waals surface area (Å²) in [7, 11) is 1.59. The summed E-state index contributed by atoms with van der Waals surface area (Å²) >= 11 is 3.47. The van der Waals surface area contributed by atoms with Crippen LogP contribution in [0.2, 0.25) is 0 Å². The molecule has 1 N–H and O–H groups in total. The van der Waals surface area contributed by atoms with Gasteiger partial charge in [-0.05, 0) is 41.1 Å². The molecule has 0 atom stereocenters. The third-order valence-corrected chi connectivity index (χ3v) is 3.10. The monoisotopic (exact) mass is 293 g/mol. The molecule has 0 aliphatic rings. The van der Waals surface area contributed by atoms with E-state index < -0.39 is 0 Å². The van der Waals surface area contributed by atoms with Crippen LogP contribution in [0.5, 0.6) is 0 Å². The summed E-state index contributed by atoms with van der Waals surface area (Å²) in [6.45, 7) is 1.92. The van der Waals surface area contributed by atoms with Gasteiger partial charge in [-0.3, -0.25) is 4.79 Å². The molecule has 0 aliphatic carbocycles. The summed E-state index contributed by atoms with van der Waals surface area (Å²) in [4.78, 5) is 11.5. The van der Waals surface area contributed by atoms with Gasteiger partial charge in [-0.1, -0.05) is 12.1 Å². The number of aryl methyl sites for hydroxylation is 1. The van der Waals surface area contributed by atoms with Gasteiger partial charge in [0.1, 0.15) is 0 Å². The zero-order valence-corrected chi connectivity index (χ0v) is 11.2. The van der Waals surface area contributed by atoms with Gasteiger partial charge in [0.15, 0.2) is 5.69 Å². The van der Waals surface area contributed by atoms with E-state index in [-0.39, 0.29) is 5.91 Å². The normalized spacial score (nSPS) is 10.3. The van der Waals surface area contributed by atoms with Gasteiger partial charge < -0.3 is 5.32 Å². The van der Waals surface area contributed by atoms with E-state index in [1.807, 2.05) is 31.2 Å². The maximum absolute atomic E-state index is 11.5. The molecule has 0 fully saturated rings. The predicted octanol–water partition coefficient (Wildman–Crippen LogP) is 2.30. The van der Waals surface area contributed by atoms with Crippen molar-refractivity contribution in [3.63, 3.8) is 0 Å². The van der Waals surface area contributed by atoms with Crippen molar-refractivity contribution in [2.75, 3.05) is 7.05 Å². The summed E-state index contributed by atoms with van der Waals surface area (Å²) in [6, 6.07) is 9.51. The molecule has 4 nitrogen and oxygen atoms in total. The van der Waals surface area contributed by atoms with Crippen LogP contribution in [0.3, 0.4) is 0 Å². The minimum atomic E-state index is -0.182. The molecule has 0 saturated carbocycles. The number of amides is 1. The van der Waals surface area contributed by atoms with Gasteiger partial charge in [-0.15, -0.1) is 0 Å². The van der Waals surface area contributed by atoms with Crippen LogP contribution in [0, 0.1) is 6.92 Å². The maximum Gasteiger partial charge on any atom is 0.271 e.